The van der Waals surface area contributed by atoms with Gasteiger partial charge in [0.2, 0.25) is 0 Å². The van der Waals surface area contributed by atoms with Crippen molar-refractivity contribution in [3.8, 4) is 0 Å². The molecule has 5 heteroatoms. The van der Waals surface area contributed by atoms with Gasteiger partial charge in [-0.2, -0.15) is 0 Å². The molecule has 1 saturated heterocycles. The van der Waals surface area contributed by atoms with Crippen molar-refractivity contribution in [2.45, 2.75) is 63.2 Å². The lowest BCUT2D eigenvalue weighted by Crippen LogP contribution is -2.60. The lowest BCUT2D eigenvalue weighted by atomic mass is 9.89. The summed E-state index contributed by atoms with van der Waals surface area (Å²) in [7, 11) is -3.04. The van der Waals surface area contributed by atoms with Crippen LogP contribution < -0.4 is 5.73 Å². The second-order valence-corrected chi connectivity index (χ2v) is 9.67. The van der Waals surface area contributed by atoms with Gasteiger partial charge in [0.1, 0.15) is 0 Å². The zero-order valence-corrected chi connectivity index (χ0v) is 14.7. The Morgan fingerprint density at radius 3 is 2.48 bits per heavy atom. The van der Waals surface area contributed by atoms with E-state index in [1.807, 2.05) is 0 Å². The molecule has 1 aliphatic heterocycles. The molecule has 1 heterocycles. The number of rotatable bonds is 4. The molecule has 3 unspecified atom stereocenters. The minimum atomic E-state index is -3.04. The number of sulfone groups is 1. The highest BCUT2D eigenvalue weighted by molar-refractivity contribution is 7.91. The quantitative estimate of drug-likeness (QED) is 0.862. The van der Waals surface area contributed by atoms with E-state index in [1.54, 1.807) is 0 Å². The Morgan fingerprint density at radius 1 is 1.19 bits per heavy atom. The molecule has 124 valence electrons. The summed E-state index contributed by atoms with van der Waals surface area (Å²) in [6, 6.07) is 0. The van der Waals surface area contributed by atoms with E-state index < -0.39 is 9.84 Å². The molecule has 2 aliphatic rings. The van der Waals surface area contributed by atoms with Crippen molar-refractivity contribution in [2.24, 2.45) is 17.6 Å². The highest BCUT2D eigenvalue weighted by Crippen LogP contribution is 2.40. The molecule has 0 aromatic rings. The standard InChI is InChI=1S/C16H32N2O2S/c1-13(2)14-6-5-10-18(11-8-14)16(12-17)9-4-7-15(16)21(3,19)20/h13-15H,4-12,17H2,1-3H3. The van der Waals surface area contributed by atoms with Crippen molar-refractivity contribution in [1.82, 2.24) is 4.90 Å². The molecule has 3 atom stereocenters. The normalized spacial score (nSPS) is 36.0. The van der Waals surface area contributed by atoms with E-state index >= 15 is 0 Å². The minimum absolute atomic E-state index is 0.273. The topological polar surface area (TPSA) is 63.4 Å². The van der Waals surface area contributed by atoms with Crippen LogP contribution in [0.4, 0.5) is 0 Å². The second kappa shape index (κ2) is 6.55. The molecule has 0 spiro atoms. The van der Waals surface area contributed by atoms with Crippen molar-refractivity contribution < 1.29 is 8.42 Å². The summed E-state index contributed by atoms with van der Waals surface area (Å²) in [5.41, 5.74) is 5.82. The smallest absolute Gasteiger partial charge is 0.152 e. The third-order valence-corrected chi connectivity index (χ3v) is 7.60. The van der Waals surface area contributed by atoms with Crippen LogP contribution in [0.3, 0.4) is 0 Å². The fraction of sp³-hybridized carbons (Fsp3) is 1.00. The van der Waals surface area contributed by atoms with Crippen LogP contribution in [0.1, 0.15) is 52.4 Å². The summed E-state index contributed by atoms with van der Waals surface area (Å²) in [5.74, 6) is 1.48. The van der Waals surface area contributed by atoms with Gasteiger partial charge < -0.3 is 5.73 Å². The molecule has 0 aromatic carbocycles. The summed E-state index contributed by atoms with van der Waals surface area (Å²) in [5, 5.41) is -0.273. The second-order valence-electron chi connectivity index (χ2n) is 7.44. The first-order valence-corrected chi connectivity index (χ1v) is 10.4. The minimum Gasteiger partial charge on any atom is -0.329 e. The number of likely N-dealkylation sites (tertiary alicyclic amines) is 1. The van der Waals surface area contributed by atoms with Gasteiger partial charge in [0.05, 0.1) is 5.25 Å². The van der Waals surface area contributed by atoms with E-state index in [0.29, 0.717) is 12.5 Å². The molecular weight excluding hydrogens is 284 g/mol. The Bertz CT molecular complexity index is 449. The van der Waals surface area contributed by atoms with Crippen molar-refractivity contribution >= 4 is 9.84 Å². The Hall–Kier alpha value is -0.130. The Labute approximate surface area is 130 Å². The predicted octanol–water partition coefficient (Wildman–Crippen LogP) is 2.04. The van der Waals surface area contributed by atoms with Gasteiger partial charge in [-0.3, -0.25) is 4.90 Å². The molecule has 1 aliphatic carbocycles. The third kappa shape index (κ3) is 3.45. The SMILES string of the molecule is CC(C)C1CCCN(C2(CN)CCCC2S(C)(=O)=O)CC1. The van der Waals surface area contributed by atoms with Crippen LogP contribution in [-0.2, 0) is 9.84 Å². The molecule has 1 saturated carbocycles. The summed E-state index contributed by atoms with van der Waals surface area (Å²) in [6.07, 6.45) is 7.70. The molecule has 4 nitrogen and oxygen atoms in total. The summed E-state index contributed by atoms with van der Waals surface area (Å²) >= 11 is 0. The Morgan fingerprint density at radius 2 is 1.90 bits per heavy atom. The van der Waals surface area contributed by atoms with Gasteiger partial charge in [0.15, 0.2) is 9.84 Å². The van der Waals surface area contributed by atoms with Crippen molar-refractivity contribution in [1.29, 1.82) is 0 Å². The van der Waals surface area contributed by atoms with Crippen LogP contribution in [0.2, 0.25) is 0 Å². The van der Waals surface area contributed by atoms with Crippen molar-refractivity contribution in [3.05, 3.63) is 0 Å². The van der Waals surface area contributed by atoms with Gasteiger partial charge in [-0.05, 0) is 57.0 Å². The molecule has 0 radical (unpaired) electrons. The van der Waals surface area contributed by atoms with E-state index in [2.05, 4.69) is 18.7 Å². The molecule has 21 heavy (non-hydrogen) atoms. The molecule has 0 bridgehead atoms. The largest absolute Gasteiger partial charge is 0.329 e. The zero-order chi connectivity index (χ0) is 15.7. The van der Waals surface area contributed by atoms with Crippen LogP contribution >= 0.6 is 0 Å². The molecule has 2 N–H and O–H groups in total. The van der Waals surface area contributed by atoms with Crippen LogP contribution in [0.25, 0.3) is 0 Å². The number of hydrogen-bond acceptors (Lipinski definition) is 4. The molecule has 2 rings (SSSR count). The first kappa shape index (κ1) is 17.2. The molecule has 2 fully saturated rings. The van der Waals surface area contributed by atoms with Crippen LogP contribution in [0, 0.1) is 11.8 Å². The Balaban J connectivity index is 2.20. The predicted molar refractivity (Wildman–Crippen MR) is 88.0 cm³/mol. The number of nitrogens with two attached hydrogens (primary N) is 1. The fourth-order valence-electron chi connectivity index (χ4n) is 4.59. The Kier molecular flexibility index (Phi) is 5.37. The summed E-state index contributed by atoms with van der Waals surface area (Å²) in [4.78, 5) is 2.44. The number of hydrogen-bond donors (Lipinski definition) is 1. The van der Waals surface area contributed by atoms with E-state index in [9.17, 15) is 8.42 Å². The average Bonchev–Trinajstić information content (AvgIpc) is 2.70. The first-order valence-electron chi connectivity index (χ1n) is 8.45. The molecular formula is C16H32N2O2S. The maximum atomic E-state index is 12.2. The van der Waals surface area contributed by atoms with E-state index in [4.69, 9.17) is 5.73 Å². The van der Waals surface area contributed by atoms with Gasteiger partial charge in [0, 0.05) is 18.3 Å². The van der Waals surface area contributed by atoms with Gasteiger partial charge in [-0.15, -0.1) is 0 Å². The first-order chi connectivity index (χ1) is 9.81. The van der Waals surface area contributed by atoms with Gasteiger partial charge >= 0.3 is 0 Å². The average molecular weight is 317 g/mol. The molecule has 0 amide bonds. The number of nitrogens with zero attached hydrogens (tertiary/aromatic N) is 1. The van der Waals surface area contributed by atoms with Crippen LogP contribution in [0.15, 0.2) is 0 Å². The van der Waals surface area contributed by atoms with Crippen molar-refractivity contribution in [3.63, 3.8) is 0 Å². The fourth-order valence-corrected chi connectivity index (χ4v) is 6.35. The highest BCUT2D eigenvalue weighted by Gasteiger charge is 2.50. The highest BCUT2D eigenvalue weighted by atomic mass is 32.2. The van der Waals surface area contributed by atoms with Crippen LogP contribution in [-0.4, -0.2) is 50.0 Å². The lowest BCUT2D eigenvalue weighted by Gasteiger charge is -2.44. The lowest BCUT2D eigenvalue weighted by molar-refractivity contribution is 0.103. The van der Waals surface area contributed by atoms with Crippen LogP contribution in [0.5, 0.6) is 0 Å². The van der Waals surface area contributed by atoms with Crippen molar-refractivity contribution in [2.75, 3.05) is 25.9 Å². The van der Waals surface area contributed by atoms with E-state index in [1.165, 1.54) is 25.5 Å². The maximum Gasteiger partial charge on any atom is 0.152 e. The van der Waals surface area contributed by atoms with E-state index in [-0.39, 0.29) is 10.8 Å². The third-order valence-electron chi connectivity index (χ3n) is 5.89. The molecule has 0 aromatic heterocycles. The maximum absolute atomic E-state index is 12.2. The summed E-state index contributed by atoms with van der Waals surface area (Å²) < 4.78 is 24.5. The summed E-state index contributed by atoms with van der Waals surface area (Å²) in [6.45, 7) is 7.08. The van der Waals surface area contributed by atoms with Gasteiger partial charge in [-0.25, -0.2) is 8.42 Å². The van der Waals surface area contributed by atoms with Gasteiger partial charge in [0.25, 0.3) is 0 Å². The van der Waals surface area contributed by atoms with Gasteiger partial charge in [-0.1, -0.05) is 20.3 Å². The zero-order valence-electron chi connectivity index (χ0n) is 13.8. The van der Waals surface area contributed by atoms with E-state index in [0.717, 1.165) is 38.3 Å². The monoisotopic (exact) mass is 316 g/mol.